The van der Waals surface area contributed by atoms with Crippen LogP contribution in [0, 0.1) is 0 Å². The summed E-state index contributed by atoms with van der Waals surface area (Å²) in [6.45, 7) is 3.19. The molecule has 0 unspecified atom stereocenters. The van der Waals surface area contributed by atoms with Gasteiger partial charge in [0.05, 0.1) is 5.69 Å². The Balaban J connectivity index is 0.00000225. The summed E-state index contributed by atoms with van der Waals surface area (Å²) in [6.07, 6.45) is 2.75. The minimum atomic E-state index is 0. The molecule has 1 heterocycles. The van der Waals surface area contributed by atoms with Crippen LogP contribution in [0.25, 0.3) is 11.5 Å². The fourth-order valence-corrected chi connectivity index (χ4v) is 2.71. The van der Waals surface area contributed by atoms with E-state index >= 15 is 0 Å². The molecule has 0 saturated carbocycles. The quantitative estimate of drug-likeness (QED) is 0.666. The van der Waals surface area contributed by atoms with Gasteiger partial charge in [-0.05, 0) is 24.1 Å². The third kappa shape index (κ3) is 5.71. The lowest BCUT2D eigenvalue weighted by Crippen LogP contribution is -2.31. The van der Waals surface area contributed by atoms with Gasteiger partial charge in [0.15, 0.2) is 0 Å². The normalized spacial score (nSPS) is 10.6. The van der Waals surface area contributed by atoms with Crippen molar-refractivity contribution in [2.45, 2.75) is 13.0 Å². The van der Waals surface area contributed by atoms with E-state index in [2.05, 4.69) is 34.1 Å². The maximum Gasteiger partial charge on any atom is 0.226 e. The highest BCUT2D eigenvalue weighted by molar-refractivity contribution is 5.85. The zero-order valence-corrected chi connectivity index (χ0v) is 15.0. The van der Waals surface area contributed by atoms with Crippen LogP contribution in [0.5, 0.6) is 0 Å². The van der Waals surface area contributed by atoms with E-state index in [1.165, 1.54) is 5.56 Å². The van der Waals surface area contributed by atoms with Crippen molar-refractivity contribution in [2.24, 2.45) is 5.73 Å². The van der Waals surface area contributed by atoms with E-state index in [4.69, 9.17) is 10.2 Å². The van der Waals surface area contributed by atoms with Crippen LogP contribution in [0.2, 0.25) is 0 Å². The Labute approximate surface area is 155 Å². The van der Waals surface area contributed by atoms with Crippen molar-refractivity contribution in [2.75, 3.05) is 19.6 Å². The maximum atomic E-state index is 5.76. The molecule has 3 rings (SSSR count). The predicted molar refractivity (Wildman–Crippen MR) is 104 cm³/mol. The van der Waals surface area contributed by atoms with E-state index in [9.17, 15) is 0 Å². The predicted octanol–water partition coefficient (Wildman–Crippen LogP) is 3.77. The Kier molecular flexibility index (Phi) is 7.67. The van der Waals surface area contributed by atoms with E-state index in [0.29, 0.717) is 12.4 Å². The zero-order chi connectivity index (χ0) is 16.6. The van der Waals surface area contributed by atoms with Crippen molar-refractivity contribution in [1.82, 2.24) is 9.88 Å². The van der Waals surface area contributed by atoms with Crippen molar-refractivity contribution in [3.05, 3.63) is 78.2 Å². The minimum absolute atomic E-state index is 0. The Morgan fingerprint density at radius 2 is 1.60 bits per heavy atom. The first-order valence-electron chi connectivity index (χ1n) is 8.31. The van der Waals surface area contributed by atoms with Gasteiger partial charge in [-0.2, -0.15) is 0 Å². The topological polar surface area (TPSA) is 55.3 Å². The molecule has 2 aromatic carbocycles. The number of hydrogen-bond donors (Lipinski definition) is 1. The van der Waals surface area contributed by atoms with Crippen LogP contribution >= 0.6 is 12.4 Å². The van der Waals surface area contributed by atoms with E-state index in [-0.39, 0.29) is 12.4 Å². The number of nitrogens with two attached hydrogens (primary N) is 1. The molecule has 0 radical (unpaired) electrons. The average Bonchev–Trinajstić information content (AvgIpc) is 3.10. The van der Waals surface area contributed by atoms with Gasteiger partial charge in [0, 0.05) is 31.7 Å². The summed E-state index contributed by atoms with van der Waals surface area (Å²) in [4.78, 5) is 6.93. The molecule has 3 aromatic rings. The lowest BCUT2D eigenvalue weighted by molar-refractivity contribution is 0.273. The van der Waals surface area contributed by atoms with Crippen molar-refractivity contribution >= 4 is 12.4 Å². The SMILES string of the molecule is Cl.NCCN(CCc1ccccc1)Cc1coc(-c2ccccc2)n1. The number of halogens is 1. The van der Waals surface area contributed by atoms with E-state index in [0.717, 1.165) is 37.3 Å². The molecular weight excluding hydrogens is 334 g/mol. The molecule has 0 bridgehead atoms. The number of nitrogens with zero attached hydrogens (tertiary/aromatic N) is 2. The fraction of sp³-hybridized carbons (Fsp3) is 0.250. The molecule has 0 atom stereocenters. The molecule has 0 amide bonds. The smallest absolute Gasteiger partial charge is 0.226 e. The minimum Gasteiger partial charge on any atom is -0.444 e. The average molecular weight is 358 g/mol. The molecular formula is C20H24ClN3O. The van der Waals surface area contributed by atoms with Crippen LogP contribution in [0.1, 0.15) is 11.3 Å². The summed E-state index contributed by atoms with van der Waals surface area (Å²) >= 11 is 0. The van der Waals surface area contributed by atoms with Crippen molar-refractivity contribution in [3.63, 3.8) is 0 Å². The Morgan fingerprint density at radius 3 is 2.28 bits per heavy atom. The summed E-state index contributed by atoms with van der Waals surface area (Å²) in [5, 5.41) is 0. The van der Waals surface area contributed by atoms with Crippen LogP contribution in [0.4, 0.5) is 0 Å². The molecule has 1 aromatic heterocycles. The molecule has 4 nitrogen and oxygen atoms in total. The molecule has 132 valence electrons. The van der Waals surface area contributed by atoms with E-state index < -0.39 is 0 Å². The van der Waals surface area contributed by atoms with Crippen LogP contribution in [0.3, 0.4) is 0 Å². The number of benzene rings is 2. The maximum absolute atomic E-state index is 5.76. The highest BCUT2D eigenvalue weighted by atomic mass is 35.5. The molecule has 0 aliphatic rings. The first kappa shape index (κ1) is 19.2. The van der Waals surface area contributed by atoms with Crippen molar-refractivity contribution in [3.8, 4) is 11.5 Å². The third-order valence-electron chi connectivity index (χ3n) is 3.96. The van der Waals surface area contributed by atoms with Crippen LogP contribution in [0.15, 0.2) is 71.3 Å². The summed E-state index contributed by atoms with van der Waals surface area (Å²) in [5.74, 6) is 0.668. The molecule has 25 heavy (non-hydrogen) atoms. The van der Waals surface area contributed by atoms with Gasteiger partial charge >= 0.3 is 0 Å². The van der Waals surface area contributed by atoms with E-state index in [1.807, 2.05) is 36.4 Å². The second-order valence-corrected chi connectivity index (χ2v) is 5.81. The first-order chi connectivity index (χ1) is 11.8. The molecule has 5 heteroatoms. The van der Waals surface area contributed by atoms with Crippen LogP contribution < -0.4 is 5.73 Å². The van der Waals surface area contributed by atoms with Gasteiger partial charge in [0.2, 0.25) is 5.89 Å². The Bertz CT molecular complexity index is 731. The second kappa shape index (κ2) is 9.99. The molecule has 0 aliphatic heterocycles. The summed E-state index contributed by atoms with van der Waals surface area (Å²) in [5.41, 5.74) is 9.04. The number of aromatic nitrogens is 1. The van der Waals surface area contributed by atoms with Gasteiger partial charge in [-0.25, -0.2) is 4.98 Å². The van der Waals surface area contributed by atoms with Gasteiger partial charge in [-0.15, -0.1) is 12.4 Å². The zero-order valence-electron chi connectivity index (χ0n) is 14.2. The summed E-state index contributed by atoms with van der Waals surface area (Å²) in [6, 6.07) is 20.5. The third-order valence-corrected chi connectivity index (χ3v) is 3.96. The fourth-order valence-electron chi connectivity index (χ4n) is 2.71. The lowest BCUT2D eigenvalue weighted by Gasteiger charge is -2.20. The first-order valence-corrected chi connectivity index (χ1v) is 8.31. The molecule has 2 N–H and O–H groups in total. The Hall–Kier alpha value is -2.14. The van der Waals surface area contributed by atoms with Crippen LogP contribution in [-0.2, 0) is 13.0 Å². The molecule has 0 saturated heterocycles. The highest BCUT2D eigenvalue weighted by Gasteiger charge is 2.11. The lowest BCUT2D eigenvalue weighted by atomic mass is 10.1. The van der Waals surface area contributed by atoms with Gasteiger partial charge < -0.3 is 10.2 Å². The largest absolute Gasteiger partial charge is 0.444 e. The molecule has 0 aliphatic carbocycles. The van der Waals surface area contributed by atoms with E-state index in [1.54, 1.807) is 6.26 Å². The van der Waals surface area contributed by atoms with Crippen molar-refractivity contribution < 1.29 is 4.42 Å². The number of oxazole rings is 1. The highest BCUT2D eigenvalue weighted by Crippen LogP contribution is 2.18. The monoisotopic (exact) mass is 357 g/mol. The Morgan fingerprint density at radius 1 is 0.920 bits per heavy atom. The molecule has 0 spiro atoms. The number of hydrogen-bond acceptors (Lipinski definition) is 4. The van der Waals surface area contributed by atoms with Crippen molar-refractivity contribution in [1.29, 1.82) is 0 Å². The van der Waals surface area contributed by atoms with Gasteiger partial charge in [0.1, 0.15) is 6.26 Å². The van der Waals surface area contributed by atoms with Gasteiger partial charge in [0.25, 0.3) is 0 Å². The summed E-state index contributed by atoms with van der Waals surface area (Å²) in [7, 11) is 0. The van der Waals surface area contributed by atoms with Gasteiger partial charge in [-0.3, -0.25) is 4.90 Å². The molecule has 0 fully saturated rings. The van der Waals surface area contributed by atoms with Gasteiger partial charge in [-0.1, -0.05) is 48.5 Å². The number of rotatable bonds is 8. The standard InChI is InChI=1S/C20H23N3O.ClH/c21-12-14-23(13-11-17-7-3-1-4-8-17)15-19-16-24-20(22-19)18-9-5-2-6-10-18;/h1-10,16H,11-15,21H2;1H. The second-order valence-electron chi connectivity index (χ2n) is 5.81. The van der Waals surface area contributed by atoms with Crippen LogP contribution in [-0.4, -0.2) is 29.5 Å². The summed E-state index contributed by atoms with van der Waals surface area (Å²) < 4.78 is 5.62.